The molecule has 40 heavy (non-hydrogen) atoms. The van der Waals surface area contributed by atoms with Crippen LogP contribution in [-0.2, 0) is 28.7 Å². The number of rotatable bonds is 16. The van der Waals surface area contributed by atoms with Gasteiger partial charge in [0.25, 0.3) is 0 Å². The molecule has 2 unspecified atom stereocenters. The number of methoxy groups -OCH3 is 1. The fourth-order valence-electron chi connectivity index (χ4n) is 4.12. The fraction of sp³-hybridized carbons (Fsp3) is 0.621. The van der Waals surface area contributed by atoms with Crippen molar-refractivity contribution in [1.82, 2.24) is 15.5 Å². The summed E-state index contributed by atoms with van der Waals surface area (Å²) in [5.41, 5.74) is 5.95. The van der Waals surface area contributed by atoms with E-state index < -0.39 is 60.4 Å². The number of nitrogens with one attached hydrogen (secondary N) is 2. The van der Waals surface area contributed by atoms with E-state index in [1.807, 2.05) is 13.0 Å². The highest BCUT2D eigenvalue weighted by atomic mass is 16.6. The van der Waals surface area contributed by atoms with Gasteiger partial charge < -0.3 is 30.7 Å². The standard InChI is InChI=1S/C29H46N4O7/c1-7-8-9-10-11-12-16-33(27(37)22(18-23(30)34)32-28(38)40-29(3,4)5)25(21-15-13-14-20(2)17-21)26(36)31-19-24(35)39-6/h13-15,17,22,25H,7-12,16,18-19H2,1-6H3,(H2,30,34)(H,31,36)(H,32,38). The predicted molar refractivity (Wildman–Crippen MR) is 151 cm³/mol. The zero-order chi connectivity index (χ0) is 30.3. The summed E-state index contributed by atoms with van der Waals surface area (Å²) >= 11 is 0. The Kier molecular flexibility index (Phi) is 14.7. The van der Waals surface area contributed by atoms with E-state index in [1.165, 1.54) is 12.0 Å². The van der Waals surface area contributed by atoms with Gasteiger partial charge in [-0.3, -0.25) is 19.2 Å². The molecule has 0 aromatic heterocycles. The van der Waals surface area contributed by atoms with Gasteiger partial charge in [-0.05, 0) is 39.7 Å². The summed E-state index contributed by atoms with van der Waals surface area (Å²) in [7, 11) is 1.21. The smallest absolute Gasteiger partial charge is 0.408 e. The van der Waals surface area contributed by atoms with Crippen molar-refractivity contribution in [3.8, 4) is 0 Å². The minimum atomic E-state index is -1.37. The molecule has 0 bridgehead atoms. The first-order chi connectivity index (χ1) is 18.8. The van der Waals surface area contributed by atoms with Gasteiger partial charge in [-0.25, -0.2) is 4.79 Å². The summed E-state index contributed by atoms with van der Waals surface area (Å²) < 4.78 is 9.94. The number of esters is 1. The minimum absolute atomic E-state index is 0.167. The molecule has 0 aliphatic heterocycles. The SMILES string of the molecule is CCCCCCCCN(C(=O)C(CC(N)=O)NC(=O)OC(C)(C)C)C(C(=O)NCC(=O)OC)c1cccc(C)c1. The minimum Gasteiger partial charge on any atom is -0.468 e. The van der Waals surface area contributed by atoms with Gasteiger partial charge >= 0.3 is 12.1 Å². The van der Waals surface area contributed by atoms with Gasteiger partial charge in [0.1, 0.15) is 24.2 Å². The van der Waals surface area contributed by atoms with Crippen LogP contribution in [0.25, 0.3) is 0 Å². The maximum atomic E-state index is 14.0. The number of carbonyl (C=O) groups excluding carboxylic acids is 5. The van der Waals surface area contributed by atoms with Crippen LogP contribution in [0.1, 0.15) is 89.8 Å². The number of primary amides is 1. The Balaban J connectivity index is 3.46. The fourth-order valence-corrected chi connectivity index (χ4v) is 4.12. The Hall–Kier alpha value is -3.63. The number of benzene rings is 1. The van der Waals surface area contributed by atoms with E-state index in [1.54, 1.807) is 39.0 Å². The van der Waals surface area contributed by atoms with Gasteiger partial charge in [0.2, 0.25) is 17.7 Å². The van der Waals surface area contributed by atoms with E-state index in [2.05, 4.69) is 22.3 Å². The third-order valence-electron chi connectivity index (χ3n) is 5.98. The van der Waals surface area contributed by atoms with Gasteiger partial charge in [0, 0.05) is 6.54 Å². The Morgan fingerprint density at radius 3 is 2.25 bits per heavy atom. The molecular weight excluding hydrogens is 516 g/mol. The quantitative estimate of drug-likeness (QED) is 0.206. The summed E-state index contributed by atoms with van der Waals surface area (Å²) in [6.07, 6.45) is 4.21. The Morgan fingerprint density at radius 1 is 1.02 bits per heavy atom. The highest BCUT2D eigenvalue weighted by Crippen LogP contribution is 2.25. The first-order valence-corrected chi connectivity index (χ1v) is 13.8. The van der Waals surface area contributed by atoms with Gasteiger partial charge in [0.05, 0.1) is 13.5 Å². The number of nitrogens with two attached hydrogens (primary N) is 1. The Morgan fingerprint density at radius 2 is 1.68 bits per heavy atom. The molecule has 4 N–H and O–H groups in total. The first kappa shape index (κ1) is 34.4. The van der Waals surface area contributed by atoms with Crippen LogP contribution in [0.4, 0.5) is 4.79 Å². The summed E-state index contributed by atoms with van der Waals surface area (Å²) in [5.74, 6) is -2.73. The second-order valence-corrected chi connectivity index (χ2v) is 10.8. The molecule has 11 nitrogen and oxygen atoms in total. The number of hydrogen-bond donors (Lipinski definition) is 3. The van der Waals surface area contributed by atoms with Crippen molar-refractivity contribution < 1.29 is 33.4 Å². The summed E-state index contributed by atoms with van der Waals surface area (Å²) in [6, 6.07) is 4.58. The molecule has 0 spiro atoms. The first-order valence-electron chi connectivity index (χ1n) is 13.8. The van der Waals surface area contributed by atoms with E-state index in [0.717, 1.165) is 37.7 Å². The van der Waals surface area contributed by atoms with Crippen LogP contribution in [0.5, 0.6) is 0 Å². The van der Waals surface area contributed by atoms with Crippen molar-refractivity contribution in [2.75, 3.05) is 20.2 Å². The molecule has 1 rings (SSSR count). The molecule has 11 heteroatoms. The van der Waals surface area contributed by atoms with E-state index in [0.29, 0.717) is 12.0 Å². The van der Waals surface area contributed by atoms with E-state index in [9.17, 15) is 24.0 Å². The topological polar surface area (TPSA) is 157 Å². The molecule has 1 aromatic carbocycles. The van der Waals surface area contributed by atoms with Crippen LogP contribution in [0.15, 0.2) is 24.3 Å². The lowest BCUT2D eigenvalue weighted by molar-refractivity contribution is -0.145. The normalized spacial score (nSPS) is 12.6. The molecule has 0 heterocycles. The molecule has 0 fully saturated rings. The van der Waals surface area contributed by atoms with Crippen molar-refractivity contribution >= 4 is 29.8 Å². The maximum Gasteiger partial charge on any atom is 0.408 e. The lowest BCUT2D eigenvalue weighted by Gasteiger charge is -2.34. The van der Waals surface area contributed by atoms with Gasteiger partial charge in [-0.2, -0.15) is 0 Å². The lowest BCUT2D eigenvalue weighted by Crippen LogP contribution is -2.54. The van der Waals surface area contributed by atoms with Crippen molar-refractivity contribution in [2.24, 2.45) is 5.73 Å². The molecular formula is C29H46N4O7. The lowest BCUT2D eigenvalue weighted by atomic mass is 9.99. The molecule has 0 aliphatic carbocycles. The number of aryl methyl sites for hydroxylation is 1. The van der Waals surface area contributed by atoms with Crippen molar-refractivity contribution in [2.45, 2.75) is 97.2 Å². The monoisotopic (exact) mass is 562 g/mol. The Bertz CT molecular complexity index is 1010. The number of nitrogens with zero attached hydrogens (tertiary/aromatic N) is 1. The number of carbonyl (C=O) groups is 5. The summed E-state index contributed by atoms with van der Waals surface area (Å²) in [4.78, 5) is 65.2. The van der Waals surface area contributed by atoms with Gasteiger partial charge in [-0.15, -0.1) is 0 Å². The molecule has 2 atom stereocenters. The van der Waals surface area contributed by atoms with E-state index in [4.69, 9.17) is 10.5 Å². The Labute approximate surface area is 237 Å². The van der Waals surface area contributed by atoms with E-state index in [-0.39, 0.29) is 6.54 Å². The highest BCUT2D eigenvalue weighted by Gasteiger charge is 2.37. The number of amides is 4. The van der Waals surface area contributed by atoms with Gasteiger partial charge in [-0.1, -0.05) is 68.9 Å². The predicted octanol–water partition coefficient (Wildman–Crippen LogP) is 3.28. The van der Waals surface area contributed by atoms with Gasteiger partial charge in [0.15, 0.2) is 0 Å². The number of unbranched alkanes of at least 4 members (excludes halogenated alkanes) is 5. The van der Waals surface area contributed by atoms with Crippen LogP contribution in [0.3, 0.4) is 0 Å². The van der Waals surface area contributed by atoms with Crippen molar-refractivity contribution in [1.29, 1.82) is 0 Å². The largest absolute Gasteiger partial charge is 0.468 e. The number of alkyl carbamates (subject to hydrolysis) is 1. The summed E-state index contributed by atoms with van der Waals surface area (Å²) in [5, 5.41) is 5.01. The highest BCUT2D eigenvalue weighted by molar-refractivity contribution is 5.95. The third-order valence-corrected chi connectivity index (χ3v) is 5.98. The molecule has 0 radical (unpaired) electrons. The average Bonchev–Trinajstić information content (AvgIpc) is 2.86. The average molecular weight is 563 g/mol. The molecule has 0 saturated heterocycles. The zero-order valence-corrected chi connectivity index (χ0v) is 24.7. The molecule has 0 saturated carbocycles. The third kappa shape index (κ3) is 12.9. The summed E-state index contributed by atoms with van der Waals surface area (Å²) in [6.45, 7) is 8.76. The van der Waals surface area contributed by atoms with Crippen LogP contribution < -0.4 is 16.4 Å². The second kappa shape index (κ2) is 17.1. The van der Waals surface area contributed by atoms with Crippen LogP contribution in [-0.4, -0.2) is 66.5 Å². The molecule has 1 aromatic rings. The van der Waals surface area contributed by atoms with Crippen LogP contribution in [0.2, 0.25) is 0 Å². The number of ether oxygens (including phenoxy) is 2. The molecule has 4 amide bonds. The van der Waals surface area contributed by atoms with Crippen LogP contribution >= 0.6 is 0 Å². The zero-order valence-electron chi connectivity index (χ0n) is 24.7. The van der Waals surface area contributed by atoms with Crippen molar-refractivity contribution in [3.63, 3.8) is 0 Å². The molecule has 224 valence electrons. The van der Waals surface area contributed by atoms with E-state index >= 15 is 0 Å². The van der Waals surface area contributed by atoms with Crippen molar-refractivity contribution in [3.05, 3.63) is 35.4 Å². The maximum absolute atomic E-state index is 14.0. The number of hydrogen-bond acceptors (Lipinski definition) is 7. The second-order valence-electron chi connectivity index (χ2n) is 10.8. The molecule has 0 aliphatic rings. The van der Waals surface area contributed by atoms with Crippen LogP contribution in [0, 0.1) is 6.92 Å².